The van der Waals surface area contributed by atoms with Crippen molar-refractivity contribution in [3.05, 3.63) is 58.4 Å². The van der Waals surface area contributed by atoms with Gasteiger partial charge < -0.3 is 14.2 Å². The van der Waals surface area contributed by atoms with Crippen molar-refractivity contribution in [3.63, 3.8) is 0 Å². The van der Waals surface area contributed by atoms with Crippen molar-refractivity contribution < 1.29 is 14.2 Å². The molecule has 3 rings (SSSR count). The monoisotopic (exact) mass is 410 g/mol. The van der Waals surface area contributed by atoms with Crippen LogP contribution in [0.5, 0.6) is 11.5 Å². The number of hydrogen-bond donors (Lipinski definition) is 1. The molecule has 0 bridgehead atoms. The third kappa shape index (κ3) is 4.60. The van der Waals surface area contributed by atoms with Gasteiger partial charge in [0.2, 0.25) is 5.95 Å². The second-order valence-corrected chi connectivity index (χ2v) is 6.63. The molecule has 1 heterocycles. The van der Waals surface area contributed by atoms with Gasteiger partial charge in [0, 0.05) is 25.8 Å². The fraction of sp³-hybridized carbons (Fsp3) is 0.318. The van der Waals surface area contributed by atoms with Gasteiger partial charge in [0.05, 0.1) is 30.8 Å². The number of ether oxygens (including phenoxy) is 3. The molecule has 30 heavy (non-hydrogen) atoms. The molecule has 0 unspecified atom stereocenters. The lowest BCUT2D eigenvalue weighted by atomic mass is 10.1. The van der Waals surface area contributed by atoms with E-state index in [1.54, 1.807) is 32.0 Å². The maximum Gasteiger partial charge on any atom is 0.262 e. The molecular weight excluding hydrogens is 384 g/mol. The van der Waals surface area contributed by atoms with E-state index in [1.807, 2.05) is 43.3 Å². The Morgan fingerprint density at radius 3 is 2.67 bits per heavy atom. The smallest absolute Gasteiger partial charge is 0.262 e. The minimum Gasteiger partial charge on any atom is -0.497 e. The number of aromatic nitrogens is 2. The van der Waals surface area contributed by atoms with Crippen molar-refractivity contribution in [1.29, 1.82) is 0 Å². The molecule has 0 fully saturated rings. The van der Waals surface area contributed by atoms with Gasteiger partial charge in [-0.3, -0.25) is 9.36 Å². The van der Waals surface area contributed by atoms with Crippen molar-refractivity contribution in [3.8, 4) is 11.5 Å². The third-order valence-electron chi connectivity index (χ3n) is 4.71. The van der Waals surface area contributed by atoms with Crippen LogP contribution in [0, 0.1) is 0 Å². The van der Waals surface area contributed by atoms with Crippen LogP contribution in [0.2, 0.25) is 0 Å². The Balaban J connectivity index is 2.00. The predicted octanol–water partition coefficient (Wildman–Crippen LogP) is 3.29. The predicted molar refractivity (Wildman–Crippen MR) is 118 cm³/mol. The van der Waals surface area contributed by atoms with Crippen LogP contribution >= 0.6 is 0 Å². The Morgan fingerprint density at radius 2 is 1.93 bits per heavy atom. The van der Waals surface area contributed by atoms with Crippen LogP contribution < -0.4 is 20.5 Å². The Bertz CT molecular complexity index is 1110. The summed E-state index contributed by atoms with van der Waals surface area (Å²) in [5.74, 6) is 1.74. The van der Waals surface area contributed by atoms with Gasteiger partial charge in [-0.1, -0.05) is 12.1 Å². The van der Waals surface area contributed by atoms with E-state index in [-0.39, 0.29) is 5.56 Å². The van der Waals surface area contributed by atoms with Crippen LogP contribution in [-0.4, -0.2) is 43.2 Å². The summed E-state index contributed by atoms with van der Waals surface area (Å²) in [7, 11) is 4.84. The first-order valence-electron chi connectivity index (χ1n) is 9.60. The molecular formula is C22H26N4O4. The first kappa shape index (κ1) is 21.3. The highest BCUT2D eigenvalue weighted by Crippen LogP contribution is 2.24. The van der Waals surface area contributed by atoms with Gasteiger partial charge in [-0.15, -0.1) is 0 Å². The highest BCUT2D eigenvalue weighted by molar-refractivity contribution is 6.01. The van der Waals surface area contributed by atoms with Crippen LogP contribution in [0.3, 0.4) is 0 Å². The zero-order valence-corrected chi connectivity index (χ0v) is 17.6. The molecule has 8 nitrogen and oxygen atoms in total. The summed E-state index contributed by atoms with van der Waals surface area (Å²) >= 11 is 0. The second-order valence-electron chi connectivity index (χ2n) is 6.63. The van der Waals surface area contributed by atoms with Crippen LogP contribution in [0.15, 0.2) is 52.4 Å². The molecule has 0 aliphatic heterocycles. The summed E-state index contributed by atoms with van der Waals surface area (Å²) in [6.07, 6.45) is 0.678. The van der Waals surface area contributed by atoms with Crippen LogP contribution in [0.4, 0.5) is 5.95 Å². The van der Waals surface area contributed by atoms with Gasteiger partial charge in [0.15, 0.2) is 0 Å². The van der Waals surface area contributed by atoms with Crippen molar-refractivity contribution in [1.82, 2.24) is 9.55 Å². The molecule has 0 saturated carbocycles. The molecule has 1 N–H and O–H groups in total. The topological polar surface area (TPSA) is 87.0 Å². The first-order chi connectivity index (χ1) is 14.6. The lowest BCUT2D eigenvalue weighted by Crippen LogP contribution is -2.25. The van der Waals surface area contributed by atoms with Crippen LogP contribution in [-0.2, 0) is 11.3 Å². The Kier molecular flexibility index (Phi) is 7.03. The van der Waals surface area contributed by atoms with Gasteiger partial charge in [-0.05, 0) is 43.7 Å². The number of nitrogens with zero attached hydrogens (tertiary/aromatic N) is 3. The second kappa shape index (κ2) is 9.89. The largest absolute Gasteiger partial charge is 0.497 e. The van der Waals surface area contributed by atoms with E-state index in [1.165, 1.54) is 0 Å². The molecule has 3 aromatic rings. The number of fused-ring (bicyclic) bond motifs is 1. The fourth-order valence-electron chi connectivity index (χ4n) is 3.12. The maximum atomic E-state index is 13.0. The maximum absolute atomic E-state index is 13.0. The van der Waals surface area contributed by atoms with Crippen molar-refractivity contribution in [2.75, 3.05) is 33.4 Å². The zero-order chi connectivity index (χ0) is 21.5. The third-order valence-corrected chi connectivity index (χ3v) is 4.71. The molecule has 1 aromatic heterocycles. The van der Waals surface area contributed by atoms with E-state index < -0.39 is 0 Å². The summed E-state index contributed by atoms with van der Waals surface area (Å²) < 4.78 is 17.4. The average Bonchev–Trinajstić information content (AvgIpc) is 2.78. The van der Waals surface area contributed by atoms with Gasteiger partial charge in [0.25, 0.3) is 5.56 Å². The van der Waals surface area contributed by atoms with E-state index in [0.717, 1.165) is 5.56 Å². The number of nitrogens with one attached hydrogen (secondary N) is 1. The van der Waals surface area contributed by atoms with Gasteiger partial charge in [0.1, 0.15) is 11.5 Å². The van der Waals surface area contributed by atoms with E-state index >= 15 is 0 Å². The number of hydrazone groups is 1. The zero-order valence-electron chi connectivity index (χ0n) is 17.6. The van der Waals surface area contributed by atoms with E-state index in [0.29, 0.717) is 53.6 Å². The molecule has 0 radical (unpaired) electrons. The summed E-state index contributed by atoms with van der Waals surface area (Å²) in [5.41, 5.74) is 4.89. The number of anilines is 1. The van der Waals surface area contributed by atoms with E-state index in [9.17, 15) is 4.79 Å². The molecule has 0 spiro atoms. The number of para-hydroxylation sites is 1. The molecule has 158 valence electrons. The Hall–Kier alpha value is -3.39. The minimum absolute atomic E-state index is 0.119. The Labute approximate surface area is 175 Å². The van der Waals surface area contributed by atoms with Crippen molar-refractivity contribution in [2.24, 2.45) is 5.10 Å². The Morgan fingerprint density at radius 1 is 1.13 bits per heavy atom. The standard InChI is InChI=1S/C22H26N4O4/c1-15(18-14-16(29-3)10-11-20(18)30-4)24-25-22-23-19-9-6-5-8-17(19)21(27)26(22)12-7-13-28-2/h5-6,8-11,14H,7,12-13H2,1-4H3,(H,23,25)/b24-15-. The van der Waals surface area contributed by atoms with E-state index in [2.05, 4.69) is 15.5 Å². The van der Waals surface area contributed by atoms with Crippen LogP contribution in [0.25, 0.3) is 10.9 Å². The van der Waals surface area contributed by atoms with Crippen LogP contribution in [0.1, 0.15) is 18.9 Å². The summed E-state index contributed by atoms with van der Waals surface area (Å²) in [6, 6.07) is 12.8. The van der Waals surface area contributed by atoms with Gasteiger partial charge in [-0.2, -0.15) is 5.10 Å². The summed E-state index contributed by atoms with van der Waals surface area (Å²) in [5, 5.41) is 5.03. The van der Waals surface area contributed by atoms with Gasteiger partial charge in [-0.25, -0.2) is 10.4 Å². The molecule has 0 aliphatic carbocycles. The summed E-state index contributed by atoms with van der Waals surface area (Å²) in [6.45, 7) is 2.85. The van der Waals surface area contributed by atoms with Gasteiger partial charge >= 0.3 is 0 Å². The molecule has 0 atom stereocenters. The number of benzene rings is 2. The summed E-state index contributed by atoms with van der Waals surface area (Å²) in [4.78, 5) is 17.6. The minimum atomic E-state index is -0.119. The van der Waals surface area contributed by atoms with Crippen molar-refractivity contribution in [2.45, 2.75) is 19.9 Å². The number of hydrogen-bond acceptors (Lipinski definition) is 7. The highest BCUT2D eigenvalue weighted by Gasteiger charge is 2.12. The molecule has 0 saturated heterocycles. The van der Waals surface area contributed by atoms with Crippen molar-refractivity contribution >= 4 is 22.6 Å². The molecule has 0 amide bonds. The highest BCUT2D eigenvalue weighted by atomic mass is 16.5. The molecule has 8 heteroatoms. The SMILES string of the molecule is COCCCn1c(N/N=C(/C)c2cc(OC)ccc2OC)nc2ccccc2c1=O. The number of rotatable bonds is 9. The fourth-order valence-corrected chi connectivity index (χ4v) is 3.12. The number of methoxy groups -OCH3 is 3. The average molecular weight is 410 g/mol. The lowest BCUT2D eigenvalue weighted by molar-refractivity contribution is 0.190. The quantitative estimate of drug-likeness (QED) is 0.331. The first-order valence-corrected chi connectivity index (χ1v) is 9.60. The lowest BCUT2D eigenvalue weighted by Gasteiger charge is -2.14. The molecule has 0 aliphatic rings. The molecule has 2 aromatic carbocycles. The van der Waals surface area contributed by atoms with E-state index in [4.69, 9.17) is 14.2 Å². The normalized spacial score (nSPS) is 11.5.